The fraction of sp³-hybridized carbons (Fsp3) is 0. The van der Waals surface area contributed by atoms with E-state index in [0.717, 1.165) is 22.8 Å². The maximum absolute atomic E-state index is 14.3. The van der Waals surface area contributed by atoms with Gasteiger partial charge >= 0.3 is 0 Å². The van der Waals surface area contributed by atoms with E-state index < -0.39 is 11.6 Å². The number of halogens is 2. The summed E-state index contributed by atoms with van der Waals surface area (Å²) in [7, 11) is 0. The highest BCUT2D eigenvalue weighted by Gasteiger charge is 2.13. The Morgan fingerprint density at radius 3 is 1.93 bits per heavy atom. The van der Waals surface area contributed by atoms with Gasteiger partial charge in [0, 0.05) is 28.1 Å². The highest BCUT2D eigenvalue weighted by atomic mass is 19.1. The largest absolute Gasteiger partial charge is 0.309 e. The lowest BCUT2D eigenvalue weighted by Gasteiger charge is -2.11. The predicted octanol–water partition coefficient (Wildman–Crippen LogP) is 6.73. The van der Waals surface area contributed by atoms with E-state index in [9.17, 15) is 8.78 Å². The molecule has 0 aliphatic carbocycles. The van der Waals surface area contributed by atoms with Crippen molar-refractivity contribution in [2.45, 2.75) is 0 Å². The Hall–Kier alpha value is -3.46. The van der Waals surface area contributed by atoms with Gasteiger partial charge in [0.25, 0.3) is 0 Å². The standard InChI is InChI=1S/C24H15F2N/c25-17-12-13-19(22(26)15-17)16-6-5-7-18(14-16)27-23-10-3-1-8-20(23)21-9-2-4-11-24(21)27/h1-15H. The van der Waals surface area contributed by atoms with Crippen LogP contribution in [-0.2, 0) is 0 Å². The molecule has 0 fully saturated rings. The molecule has 1 aromatic heterocycles. The van der Waals surface area contributed by atoms with Crippen LogP contribution < -0.4 is 0 Å². The van der Waals surface area contributed by atoms with Crippen LogP contribution in [0.3, 0.4) is 0 Å². The highest BCUT2D eigenvalue weighted by Crippen LogP contribution is 2.33. The molecule has 0 atom stereocenters. The fourth-order valence-corrected chi connectivity index (χ4v) is 3.74. The molecule has 3 heteroatoms. The molecule has 0 N–H and O–H groups in total. The van der Waals surface area contributed by atoms with E-state index in [0.29, 0.717) is 11.1 Å². The minimum atomic E-state index is -0.574. The Kier molecular flexibility index (Phi) is 3.54. The number of nitrogens with zero attached hydrogens (tertiary/aromatic N) is 1. The van der Waals surface area contributed by atoms with Crippen molar-refractivity contribution in [3.63, 3.8) is 0 Å². The molecular weight excluding hydrogens is 340 g/mol. The number of para-hydroxylation sites is 2. The minimum absolute atomic E-state index is 0.388. The maximum atomic E-state index is 14.3. The zero-order valence-electron chi connectivity index (χ0n) is 14.4. The average Bonchev–Trinajstić information content (AvgIpc) is 3.03. The number of aromatic nitrogens is 1. The van der Waals surface area contributed by atoms with Crippen LogP contribution in [0, 0.1) is 11.6 Å². The summed E-state index contributed by atoms with van der Waals surface area (Å²) in [5, 5.41) is 2.35. The Balaban J connectivity index is 1.78. The smallest absolute Gasteiger partial charge is 0.133 e. The Bertz CT molecular complexity index is 1250. The molecule has 0 saturated carbocycles. The van der Waals surface area contributed by atoms with Crippen molar-refractivity contribution in [1.82, 2.24) is 4.57 Å². The number of fused-ring (bicyclic) bond motifs is 3. The van der Waals surface area contributed by atoms with Crippen LogP contribution in [0.15, 0.2) is 91.0 Å². The molecule has 4 aromatic carbocycles. The van der Waals surface area contributed by atoms with Crippen LogP contribution in [0.5, 0.6) is 0 Å². The minimum Gasteiger partial charge on any atom is -0.309 e. The van der Waals surface area contributed by atoms with Gasteiger partial charge in [0.1, 0.15) is 11.6 Å². The van der Waals surface area contributed by atoms with Gasteiger partial charge in [-0.15, -0.1) is 0 Å². The van der Waals surface area contributed by atoms with Crippen LogP contribution in [0.4, 0.5) is 8.78 Å². The molecule has 27 heavy (non-hydrogen) atoms. The zero-order valence-corrected chi connectivity index (χ0v) is 14.4. The number of rotatable bonds is 2. The fourth-order valence-electron chi connectivity index (χ4n) is 3.74. The first-order valence-corrected chi connectivity index (χ1v) is 8.76. The third kappa shape index (κ3) is 2.51. The molecule has 0 unspecified atom stereocenters. The van der Waals surface area contributed by atoms with E-state index in [-0.39, 0.29) is 0 Å². The Labute approximate surface area is 155 Å². The lowest BCUT2D eigenvalue weighted by molar-refractivity contribution is 0.585. The van der Waals surface area contributed by atoms with Gasteiger partial charge in [-0.05, 0) is 42.0 Å². The molecule has 0 saturated heterocycles. The summed E-state index contributed by atoms with van der Waals surface area (Å²) in [6.45, 7) is 0. The topological polar surface area (TPSA) is 4.93 Å². The first-order valence-electron chi connectivity index (χ1n) is 8.76. The summed E-state index contributed by atoms with van der Waals surface area (Å²) in [5.41, 5.74) is 4.23. The second-order valence-electron chi connectivity index (χ2n) is 6.54. The number of hydrogen-bond acceptors (Lipinski definition) is 0. The average molecular weight is 355 g/mol. The predicted molar refractivity (Wildman–Crippen MR) is 106 cm³/mol. The van der Waals surface area contributed by atoms with Crippen LogP contribution >= 0.6 is 0 Å². The third-order valence-corrected chi connectivity index (χ3v) is 4.93. The lowest BCUT2D eigenvalue weighted by atomic mass is 10.0. The van der Waals surface area contributed by atoms with E-state index in [4.69, 9.17) is 0 Å². The lowest BCUT2D eigenvalue weighted by Crippen LogP contribution is -1.95. The summed E-state index contributed by atoms with van der Waals surface area (Å²) < 4.78 is 29.7. The molecule has 0 aliphatic heterocycles. The summed E-state index contributed by atoms with van der Waals surface area (Å²) in [4.78, 5) is 0. The van der Waals surface area contributed by atoms with Gasteiger partial charge < -0.3 is 4.57 Å². The van der Waals surface area contributed by atoms with E-state index >= 15 is 0 Å². The van der Waals surface area contributed by atoms with Gasteiger partial charge in [-0.25, -0.2) is 8.78 Å². The molecule has 0 aliphatic rings. The van der Waals surface area contributed by atoms with Crippen molar-refractivity contribution >= 4 is 21.8 Å². The quantitative estimate of drug-likeness (QED) is 0.331. The van der Waals surface area contributed by atoms with Crippen molar-refractivity contribution in [3.05, 3.63) is 103 Å². The third-order valence-electron chi connectivity index (χ3n) is 4.93. The normalized spacial score (nSPS) is 11.3. The molecule has 5 rings (SSSR count). The summed E-state index contributed by atoms with van der Waals surface area (Å²) in [5.74, 6) is -1.14. The van der Waals surface area contributed by atoms with Crippen molar-refractivity contribution in [2.75, 3.05) is 0 Å². The molecule has 5 aromatic rings. The van der Waals surface area contributed by atoms with E-state index in [1.807, 2.05) is 48.5 Å². The molecule has 1 nitrogen and oxygen atoms in total. The van der Waals surface area contributed by atoms with Crippen LogP contribution in [0.2, 0.25) is 0 Å². The summed E-state index contributed by atoms with van der Waals surface area (Å²) >= 11 is 0. The molecule has 0 amide bonds. The Morgan fingerprint density at radius 1 is 0.593 bits per heavy atom. The molecule has 0 bridgehead atoms. The van der Waals surface area contributed by atoms with E-state index in [1.54, 1.807) is 0 Å². The van der Waals surface area contributed by atoms with E-state index in [2.05, 4.69) is 28.8 Å². The molecule has 0 radical (unpaired) electrons. The molecule has 130 valence electrons. The summed E-state index contributed by atoms with van der Waals surface area (Å²) in [6, 6.07) is 27.8. The Morgan fingerprint density at radius 2 is 1.26 bits per heavy atom. The van der Waals surface area contributed by atoms with Crippen LogP contribution in [0.25, 0.3) is 38.6 Å². The first kappa shape index (κ1) is 15.8. The monoisotopic (exact) mass is 355 g/mol. The van der Waals surface area contributed by atoms with Gasteiger partial charge in [-0.3, -0.25) is 0 Å². The van der Waals surface area contributed by atoms with Gasteiger partial charge in [-0.2, -0.15) is 0 Å². The van der Waals surface area contributed by atoms with E-state index in [1.165, 1.54) is 22.9 Å². The number of hydrogen-bond donors (Lipinski definition) is 0. The SMILES string of the molecule is Fc1ccc(-c2cccc(-n3c4ccccc4c4ccccc43)c2)c(F)c1. The van der Waals surface area contributed by atoms with Crippen molar-refractivity contribution < 1.29 is 8.78 Å². The molecule has 1 heterocycles. The maximum Gasteiger partial charge on any atom is 0.133 e. The van der Waals surface area contributed by atoms with Gasteiger partial charge in [-0.1, -0.05) is 48.5 Å². The zero-order chi connectivity index (χ0) is 18.4. The van der Waals surface area contributed by atoms with Crippen LogP contribution in [-0.4, -0.2) is 4.57 Å². The van der Waals surface area contributed by atoms with Gasteiger partial charge in [0.05, 0.1) is 11.0 Å². The van der Waals surface area contributed by atoms with Gasteiger partial charge in [0.15, 0.2) is 0 Å². The molecule has 0 spiro atoms. The first-order chi connectivity index (χ1) is 13.2. The summed E-state index contributed by atoms with van der Waals surface area (Å²) in [6.07, 6.45) is 0. The van der Waals surface area contributed by atoms with Gasteiger partial charge in [0.2, 0.25) is 0 Å². The van der Waals surface area contributed by atoms with Crippen molar-refractivity contribution in [1.29, 1.82) is 0 Å². The van der Waals surface area contributed by atoms with Crippen molar-refractivity contribution in [3.8, 4) is 16.8 Å². The molecular formula is C24H15F2N. The van der Waals surface area contributed by atoms with Crippen LogP contribution in [0.1, 0.15) is 0 Å². The highest BCUT2D eigenvalue weighted by molar-refractivity contribution is 6.09. The second-order valence-corrected chi connectivity index (χ2v) is 6.54. The second kappa shape index (κ2) is 6.06. The number of benzene rings is 4. The van der Waals surface area contributed by atoms with Crippen molar-refractivity contribution in [2.24, 2.45) is 0 Å².